The van der Waals surface area contributed by atoms with Gasteiger partial charge in [-0.05, 0) is 18.6 Å². The molecule has 2 aromatic heterocycles. The highest BCUT2D eigenvalue weighted by atomic mass is 19.1. The molecule has 0 atom stereocenters. The maximum atomic E-state index is 12.6. The van der Waals surface area contributed by atoms with Crippen molar-refractivity contribution in [3.63, 3.8) is 0 Å². The third-order valence-electron chi connectivity index (χ3n) is 1.91. The molecule has 1 N–H and O–H groups in total. The average Bonchev–Trinajstić information content (AvgIpc) is 2.76. The number of nitrogens with zero attached hydrogens (tertiary/aromatic N) is 3. The minimum absolute atomic E-state index is 0.346. The first kappa shape index (κ1) is 10.5. The van der Waals surface area contributed by atoms with Crippen molar-refractivity contribution >= 4 is 6.01 Å². The maximum absolute atomic E-state index is 12.6. The molecule has 0 saturated carbocycles. The summed E-state index contributed by atoms with van der Waals surface area (Å²) in [7, 11) is 0. The Morgan fingerprint density at radius 1 is 1.44 bits per heavy atom. The molecule has 0 aliphatic rings. The predicted octanol–water partition coefficient (Wildman–Crippen LogP) is 2.09. The Balaban J connectivity index is 2.15. The number of anilines is 1. The van der Waals surface area contributed by atoms with E-state index in [0.29, 0.717) is 17.5 Å². The van der Waals surface area contributed by atoms with Crippen LogP contribution in [0.5, 0.6) is 0 Å². The molecule has 0 aliphatic carbocycles. The first-order valence-corrected chi connectivity index (χ1v) is 4.99. The number of hydrogen-bond donors (Lipinski definition) is 1. The number of pyridine rings is 1. The van der Waals surface area contributed by atoms with Crippen molar-refractivity contribution in [3.05, 3.63) is 24.1 Å². The van der Waals surface area contributed by atoms with E-state index in [2.05, 4.69) is 20.4 Å². The molecule has 0 amide bonds. The van der Waals surface area contributed by atoms with Gasteiger partial charge in [-0.15, -0.1) is 0 Å². The van der Waals surface area contributed by atoms with Crippen LogP contribution in [-0.2, 0) is 0 Å². The third-order valence-corrected chi connectivity index (χ3v) is 1.91. The monoisotopic (exact) mass is 222 g/mol. The fourth-order valence-corrected chi connectivity index (χ4v) is 1.14. The lowest BCUT2D eigenvalue weighted by atomic mass is 10.3. The summed E-state index contributed by atoms with van der Waals surface area (Å²) < 4.78 is 17.6. The minimum atomic E-state index is -0.392. The second-order valence-electron chi connectivity index (χ2n) is 3.21. The molecule has 5 nitrogen and oxygen atoms in total. The van der Waals surface area contributed by atoms with E-state index < -0.39 is 5.82 Å². The van der Waals surface area contributed by atoms with Crippen molar-refractivity contribution in [1.82, 2.24) is 15.1 Å². The normalized spacial score (nSPS) is 10.4. The summed E-state index contributed by atoms with van der Waals surface area (Å²) in [5.74, 6) is -0.0461. The van der Waals surface area contributed by atoms with Gasteiger partial charge in [-0.3, -0.25) is 0 Å². The Morgan fingerprint density at radius 3 is 3.00 bits per heavy atom. The molecule has 2 rings (SSSR count). The Kier molecular flexibility index (Phi) is 3.09. The number of nitrogens with one attached hydrogen (secondary N) is 1. The van der Waals surface area contributed by atoms with Crippen molar-refractivity contribution in [2.24, 2.45) is 0 Å². The first-order valence-electron chi connectivity index (χ1n) is 4.99. The fraction of sp³-hybridized carbons (Fsp3) is 0.300. The zero-order valence-corrected chi connectivity index (χ0v) is 8.77. The van der Waals surface area contributed by atoms with Crippen molar-refractivity contribution < 1.29 is 8.91 Å². The van der Waals surface area contributed by atoms with E-state index in [4.69, 9.17) is 4.52 Å². The van der Waals surface area contributed by atoms with Crippen molar-refractivity contribution in [2.75, 3.05) is 11.9 Å². The Labute approximate surface area is 91.7 Å². The van der Waals surface area contributed by atoms with Crippen molar-refractivity contribution in [1.29, 1.82) is 0 Å². The zero-order chi connectivity index (χ0) is 11.4. The maximum Gasteiger partial charge on any atom is 0.321 e. The molecule has 0 unspecified atom stereocenters. The van der Waals surface area contributed by atoms with Crippen molar-refractivity contribution in [2.45, 2.75) is 13.3 Å². The van der Waals surface area contributed by atoms with E-state index in [9.17, 15) is 4.39 Å². The second-order valence-corrected chi connectivity index (χ2v) is 3.21. The molecule has 0 fully saturated rings. The Morgan fingerprint density at radius 2 is 2.31 bits per heavy atom. The van der Waals surface area contributed by atoms with E-state index in [0.717, 1.165) is 19.2 Å². The number of aromatic nitrogens is 3. The second kappa shape index (κ2) is 4.69. The van der Waals surface area contributed by atoms with Crippen LogP contribution < -0.4 is 5.32 Å². The van der Waals surface area contributed by atoms with Gasteiger partial charge in [-0.1, -0.05) is 12.1 Å². The third kappa shape index (κ3) is 2.33. The zero-order valence-electron chi connectivity index (χ0n) is 8.77. The van der Waals surface area contributed by atoms with Gasteiger partial charge in [0.05, 0.1) is 6.20 Å². The molecular weight excluding hydrogens is 211 g/mol. The van der Waals surface area contributed by atoms with Gasteiger partial charge in [0.1, 0.15) is 11.5 Å². The van der Waals surface area contributed by atoms with Crippen LogP contribution in [0.25, 0.3) is 11.5 Å². The molecule has 0 aromatic carbocycles. The van der Waals surface area contributed by atoms with Gasteiger partial charge in [0.2, 0.25) is 5.82 Å². The fourth-order valence-electron chi connectivity index (χ4n) is 1.14. The first-order chi connectivity index (χ1) is 7.79. The molecular formula is C10H11FN4O. The van der Waals surface area contributed by atoms with Crippen molar-refractivity contribution in [3.8, 4) is 11.5 Å². The summed E-state index contributed by atoms with van der Waals surface area (Å²) in [6.07, 6.45) is 2.08. The van der Waals surface area contributed by atoms with Crippen LogP contribution in [0.2, 0.25) is 0 Å². The summed E-state index contributed by atoms with van der Waals surface area (Å²) in [5, 5.41) is 6.69. The topological polar surface area (TPSA) is 63.8 Å². The summed E-state index contributed by atoms with van der Waals surface area (Å²) in [5.41, 5.74) is 0.481. The largest absolute Gasteiger partial charge is 0.338 e. The van der Waals surface area contributed by atoms with Crippen LogP contribution in [0.15, 0.2) is 22.9 Å². The number of halogens is 1. The van der Waals surface area contributed by atoms with Crippen LogP contribution in [0.4, 0.5) is 10.4 Å². The van der Waals surface area contributed by atoms with Gasteiger partial charge < -0.3 is 9.84 Å². The Bertz CT molecular complexity index is 454. The molecule has 0 spiro atoms. The standard InChI is InChI=1S/C10H11FN4O/c1-2-5-12-10-14-9(15-16-10)8-4-3-7(11)6-13-8/h3-4,6H,2,5H2,1H3,(H,12,14,15). The SMILES string of the molecule is CCCNc1nc(-c2ccc(F)cn2)no1. The van der Waals surface area contributed by atoms with Crippen LogP contribution in [0.1, 0.15) is 13.3 Å². The molecule has 0 saturated heterocycles. The lowest BCUT2D eigenvalue weighted by Gasteiger charge is -1.94. The van der Waals surface area contributed by atoms with Gasteiger partial charge >= 0.3 is 6.01 Å². The van der Waals surface area contributed by atoms with E-state index in [-0.39, 0.29) is 0 Å². The predicted molar refractivity (Wildman–Crippen MR) is 56.3 cm³/mol. The molecule has 0 bridgehead atoms. The lowest BCUT2D eigenvalue weighted by Crippen LogP contribution is -1.99. The number of rotatable bonds is 4. The highest BCUT2D eigenvalue weighted by Crippen LogP contribution is 2.14. The summed E-state index contributed by atoms with van der Waals surface area (Å²) >= 11 is 0. The van der Waals surface area contributed by atoms with Crippen LogP contribution in [0.3, 0.4) is 0 Å². The van der Waals surface area contributed by atoms with Crippen LogP contribution >= 0.6 is 0 Å². The lowest BCUT2D eigenvalue weighted by molar-refractivity contribution is 0.432. The van der Waals surface area contributed by atoms with E-state index in [1.165, 1.54) is 12.1 Å². The van der Waals surface area contributed by atoms with Gasteiger partial charge in [0.15, 0.2) is 0 Å². The quantitative estimate of drug-likeness (QED) is 0.858. The minimum Gasteiger partial charge on any atom is -0.338 e. The molecule has 16 heavy (non-hydrogen) atoms. The summed E-state index contributed by atoms with van der Waals surface area (Å²) in [4.78, 5) is 7.93. The van der Waals surface area contributed by atoms with E-state index in [1.54, 1.807) is 0 Å². The summed E-state index contributed by atoms with van der Waals surface area (Å²) in [6.45, 7) is 2.80. The van der Waals surface area contributed by atoms with Crippen LogP contribution in [-0.4, -0.2) is 21.7 Å². The van der Waals surface area contributed by atoms with Gasteiger partial charge in [-0.25, -0.2) is 9.37 Å². The van der Waals surface area contributed by atoms with Gasteiger partial charge in [0, 0.05) is 6.54 Å². The van der Waals surface area contributed by atoms with Gasteiger partial charge in [-0.2, -0.15) is 4.98 Å². The van der Waals surface area contributed by atoms with Crippen LogP contribution in [0, 0.1) is 5.82 Å². The molecule has 6 heteroatoms. The Hall–Kier alpha value is -1.98. The highest BCUT2D eigenvalue weighted by molar-refractivity contribution is 5.49. The van der Waals surface area contributed by atoms with E-state index in [1.807, 2.05) is 6.92 Å². The molecule has 0 aliphatic heterocycles. The van der Waals surface area contributed by atoms with Gasteiger partial charge in [0.25, 0.3) is 0 Å². The average molecular weight is 222 g/mol. The molecule has 0 radical (unpaired) electrons. The molecule has 2 aromatic rings. The molecule has 2 heterocycles. The molecule has 84 valence electrons. The summed E-state index contributed by atoms with van der Waals surface area (Å²) in [6, 6.07) is 3.16. The van der Waals surface area contributed by atoms with E-state index >= 15 is 0 Å². The smallest absolute Gasteiger partial charge is 0.321 e. The number of hydrogen-bond acceptors (Lipinski definition) is 5. The highest BCUT2D eigenvalue weighted by Gasteiger charge is 2.08.